The first-order chi connectivity index (χ1) is 8.74. The van der Waals surface area contributed by atoms with Crippen molar-refractivity contribution < 1.29 is 9.90 Å². The zero-order valence-corrected chi connectivity index (χ0v) is 12.4. The molecule has 2 rings (SSSR count). The zero-order chi connectivity index (χ0) is 12.8. The predicted octanol–water partition coefficient (Wildman–Crippen LogP) is 0.596. The molecular formula is C13H26ClN3O2. The maximum absolute atomic E-state index is 10.5. The molecule has 1 N–H and O–H groups in total. The highest BCUT2D eigenvalue weighted by Crippen LogP contribution is 2.08. The van der Waals surface area contributed by atoms with Gasteiger partial charge in [-0.15, -0.1) is 12.4 Å². The molecule has 0 atom stereocenters. The lowest BCUT2D eigenvalue weighted by Crippen LogP contribution is -2.48. The van der Waals surface area contributed by atoms with Crippen LogP contribution in [0.25, 0.3) is 0 Å². The predicted molar refractivity (Wildman–Crippen MR) is 78.1 cm³/mol. The first kappa shape index (κ1) is 16.7. The van der Waals surface area contributed by atoms with Gasteiger partial charge in [0.15, 0.2) is 0 Å². The minimum atomic E-state index is -0.688. The van der Waals surface area contributed by atoms with Gasteiger partial charge in [0.05, 0.1) is 6.42 Å². The van der Waals surface area contributed by atoms with Crippen molar-refractivity contribution in [1.82, 2.24) is 14.7 Å². The smallest absolute Gasteiger partial charge is 0.304 e. The van der Waals surface area contributed by atoms with Gasteiger partial charge in [0.2, 0.25) is 0 Å². The molecule has 0 spiro atoms. The van der Waals surface area contributed by atoms with Crippen LogP contribution < -0.4 is 0 Å². The molecule has 0 amide bonds. The number of likely N-dealkylation sites (tertiary alicyclic amines) is 1. The van der Waals surface area contributed by atoms with Crippen LogP contribution in [0.3, 0.4) is 0 Å². The molecule has 2 aliphatic rings. The van der Waals surface area contributed by atoms with E-state index in [1.165, 1.54) is 39.0 Å². The van der Waals surface area contributed by atoms with Gasteiger partial charge in [-0.3, -0.25) is 9.69 Å². The number of halogens is 1. The number of aliphatic carboxylic acids is 1. The molecule has 0 aromatic rings. The fourth-order valence-corrected chi connectivity index (χ4v) is 2.78. The van der Waals surface area contributed by atoms with Crippen molar-refractivity contribution in [2.75, 3.05) is 58.9 Å². The molecule has 0 saturated carbocycles. The number of nitrogens with zero attached hydrogens (tertiary/aromatic N) is 3. The second-order valence-corrected chi connectivity index (χ2v) is 5.38. The van der Waals surface area contributed by atoms with Gasteiger partial charge >= 0.3 is 5.97 Å². The van der Waals surface area contributed by atoms with Crippen LogP contribution in [0.5, 0.6) is 0 Å². The SMILES string of the molecule is Cl.O=C(O)CCN1CCN(CCN2CCCC2)CC1. The summed E-state index contributed by atoms with van der Waals surface area (Å²) in [5, 5.41) is 8.66. The summed E-state index contributed by atoms with van der Waals surface area (Å²) in [6.45, 7) is 9.86. The topological polar surface area (TPSA) is 47.0 Å². The molecule has 2 heterocycles. The average Bonchev–Trinajstić information content (AvgIpc) is 2.88. The van der Waals surface area contributed by atoms with Gasteiger partial charge in [-0.1, -0.05) is 0 Å². The number of carboxylic acids is 1. The van der Waals surface area contributed by atoms with Crippen LogP contribution in [-0.4, -0.2) is 84.7 Å². The number of hydrogen-bond donors (Lipinski definition) is 1. The molecular weight excluding hydrogens is 266 g/mol. The summed E-state index contributed by atoms with van der Waals surface area (Å²) < 4.78 is 0. The van der Waals surface area contributed by atoms with Crippen LogP contribution in [0.4, 0.5) is 0 Å². The molecule has 0 aromatic heterocycles. The van der Waals surface area contributed by atoms with E-state index in [9.17, 15) is 4.79 Å². The van der Waals surface area contributed by atoms with Crippen LogP contribution in [0.15, 0.2) is 0 Å². The van der Waals surface area contributed by atoms with E-state index in [0.29, 0.717) is 6.54 Å². The largest absolute Gasteiger partial charge is 0.481 e. The second kappa shape index (κ2) is 8.74. The van der Waals surface area contributed by atoms with E-state index in [-0.39, 0.29) is 18.8 Å². The molecule has 5 nitrogen and oxygen atoms in total. The van der Waals surface area contributed by atoms with Crippen LogP contribution >= 0.6 is 12.4 Å². The van der Waals surface area contributed by atoms with Crippen molar-refractivity contribution in [2.45, 2.75) is 19.3 Å². The Morgan fingerprint density at radius 2 is 1.21 bits per heavy atom. The maximum Gasteiger partial charge on any atom is 0.304 e. The fourth-order valence-electron chi connectivity index (χ4n) is 2.78. The third-order valence-electron chi connectivity index (χ3n) is 4.04. The van der Waals surface area contributed by atoms with Gasteiger partial charge in [-0.2, -0.15) is 0 Å². The van der Waals surface area contributed by atoms with Crippen molar-refractivity contribution >= 4 is 18.4 Å². The zero-order valence-electron chi connectivity index (χ0n) is 11.6. The molecule has 2 fully saturated rings. The third-order valence-corrected chi connectivity index (χ3v) is 4.04. The van der Waals surface area contributed by atoms with Crippen molar-refractivity contribution in [3.8, 4) is 0 Å². The highest BCUT2D eigenvalue weighted by atomic mass is 35.5. The fraction of sp³-hybridized carbons (Fsp3) is 0.923. The lowest BCUT2D eigenvalue weighted by atomic mass is 10.3. The maximum atomic E-state index is 10.5. The average molecular weight is 292 g/mol. The molecule has 112 valence electrons. The molecule has 2 aliphatic heterocycles. The van der Waals surface area contributed by atoms with Crippen LogP contribution in [0.1, 0.15) is 19.3 Å². The molecule has 6 heteroatoms. The first-order valence-corrected chi connectivity index (χ1v) is 7.13. The molecule has 0 aromatic carbocycles. The van der Waals surface area contributed by atoms with Gasteiger partial charge in [0, 0.05) is 45.8 Å². The van der Waals surface area contributed by atoms with E-state index in [0.717, 1.165) is 26.2 Å². The minimum absolute atomic E-state index is 0. The Hall–Kier alpha value is -0.360. The number of carbonyl (C=O) groups is 1. The van der Waals surface area contributed by atoms with Gasteiger partial charge in [-0.25, -0.2) is 0 Å². The molecule has 0 radical (unpaired) electrons. The van der Waals surface area contributed by atoms with Gasteiger partial charge in [-0.05, 0) is 25.9 Å². The summed E-state index contributed by atoms with van der Waals surface area (Å²) in [5.74, 6) is -0.688. The molecule has 2 saturated heterocycles. The number of hydrogen-bond acceptors (Lipinski definition) is 4. The summed E-state index contributed by atoms with van der Waals surface area (Å²) in [6.07, 6.45) is 3.00. The standard InChI is InChI=1S/C13H25N3O2.ClH/c17-13(18)3-6-15-8-11-16(12-9-15)10-7-14-4-1-2-5-14;/h1-12H2,(H,17,18);1H. The van der Waals surface area contributed by atoms with E-state index in [1.807, 2.05) is 0 Å². The molecule has 0 unspecified atom stereocenters. The Kier molecular flexibility index (Phi) is 7.68. The van der Waals surface area contributed by atoms with Crippen LogP contribution in [0.2, 0.25) is 0 Å². The van der Waals surface area contributed by atoms with Crippen LogP contribution in [-0.2, 0) is 4.79 Å². The number of carboxylic acid groups (broad SMARTS) is 1. The third kappa shape index (κ3) is 6.08. The van der Waals surface area contributed by atoms with E-state index in [4.69, 9.17) is 5.11 Å². The Balaban J connectivity index is 0.00000180. The Morgan fingerprint density at radius 1 is 0.789 bits per heavy atom. The van der Waals surface area contributed by atoms with E-state index in [1.54, 1.807) is 0 Å². The molecule has 0 aliphatic carbocycles. The Labute approximate surface area is 121 Å². The summed E-state index contributed by atoms with van der Waals surface area (Å²) in [7, 11) is 0. The summed E-state index contributed by atoms with van der Waals surface area (Å²) in [6, 6.07) is 0. The Bertz CT molecular complexity index is 265. The lowest BCUT2D eigenvalue weighted by molar-refractivity contribution is -0.137. The van der Waals surface area contributed by atoms with Crippen molar-refractivity contribution in [3.05, 3.63) is 0 Å². The van der Waals surface area contributed by atoms with E-state index >= 15 is 0 Å². The van der Waals surface area contributed by atoms with Crippen molar-refractivity contribution in [1.29, 1.82) is 0 Å². The molecule has 19 heavy (non-hydrogen) atoms. The highest BCUT2D eigenvalue weighted by Gasteiger charge is 2.18. The van der Waals surface area contributed by atoms with Gasteiger partial charge < -0.3 is 14.9 Å². The summed E-state index contributed by atoms with van der Waals surface area (Å²) >= 11 is 0. The summed E-state index contributed by atoms with van der Waals surface area (Å²) in [4.78, 5) is 17.8. The van der Waals surface area contributed by atoms with Crippen LogP contribution in [0, 0.1) is 0 Å². The number of rotatable bonds is 6. The Morgan fingerprint density at radius 3 is 1.68 bits per heavy atom. The quantitative estimate of drug-likeness (QED) is 0.776. The van der Waals surface area contributed by atoms with E-state index in [2.05, 4.69) is 14.7 Å². The monoisotopic (exact) mass is 291 g/mol. The summed E-state index contributed by atoms with van der Waals surface area (Å²) in [5.41, 5.74) is 0. The number of piperazine rings is 1. The minimum Gasteiger partial charge on any atom is -0.481 e. The lowest BCUT2D eigenvalue weighted by Gasteiger charge is -2.35. The van der Waals surface area contributed by atoms with Crippen molar-refractivity contribution in [2.24, 2.45) is 0 Å². The van der Waals surface area contributed by atoms with Crippen molar-refractivity contribution in [3.63, 3.8) is 0 Å². The molecule has 0 bridgehead atoms. The second-order valence-electron chi connectivity index (χ2n) is 5.38. The highest BCUT2D eigenvalue weighted by molar-refractivity contribution is 5.85. The first-order valence-electron chi connectivity index (χ1n) is 7.13. The van der Waals surface area contributed by atoms with Gasteiger partial charge in [0.25, 0.3) is 0 Å². The normalized spacial score (nSPS) is 22.3. The van der Waals surface area contributed by atoms with Gasteiger partial charge in [0.1, 0.15) is 0 Å². The van der Waals surface area contributed by atoms with E-state index < -0.39 is 5.97 Å².